The van der Waals surface area contributed by atoms with Crippen molar-refractivity contribution >= 4 is 5.91 Å². The number of nitrogens with one attached hydrogen (secondary N) is 1. The minimum Gasteiger partial charge on any atom is -0.489 e. The lowest BCUT2D eigenvalue weighted by Crippen LogP contribution is -2.11. The molecule has 2 aromatic carbocycles. The fourth-order valence-corrected chi connectivity index (χ4v) is 1.89. The predicted molar refractivity (Wildman–Crippen MR) is 78.5 cm³/mol. The highest BCUT2D eigenvalue weighted by atomic mass is 19.1. The Morgan fingerprint density at radius 2 is 1.95 bits per heavy atom. The van der Waals surface area contributed by atoms with E-state index >= 15 is 0 Å². The molecule has 0 saturated heterocycles. The van der Waals surface area contributed by atoms with E-state index in [-0.39, 0.29) is 12.2 Å². The van der Waals surface area contributed by atoms with Crippen LogP contribution in [-0.4, -0.2) is 13.0 Å². The van der Waals surface area contributed by atoms with Gasteiger partial charge in [-0.2, -0.15) is 0 Å². The maximum Gasteiger partial charge on any atom is 0.248 e. The quantitative estimate of drug-likeness (QED) is 0.856. The maximum absolute atomic E-state index is 13.8. The summed E-state index contributed by atoms with van der Waals surface area (Å²) in [4.78, 5) is 10.9. The lowest BCUT2D eigenvalue weighted by atomic mass is 10.1. The molecule has 2 aromatic rings. The summed E-state index contributed by atoms with van der Waals surface area (Å²) >= 11 is 0. The van der Waals surface area contributed by atoms with Crippen LogP contribution in [0.15, 0.2) is 42.5 Å². The van der Waals surface area contributed by atoms with Crippen LogP contribution in [0.3, 0.4) is 0 Å². The number of benzene rings is 2. The van der Waals surface area contributed by atoms with Gasteiger partial charge in [-0.1, -0.05) is 18.2 Å². The van der Waals surface area contributed by atoms with Gasteiger partial charge >= 0.3 is 0 Å². The maximum atomic E-state index is 13.8. The van der Waals surface area contributed by atoms with Gasteiger partial charge < -0.3 is 15.8 Å². The topological polar surface area (TPSA) is 64.3 Å². The summed E-state index contributed by atoms with van der Waals surface area (Å²) < 4.78 is 19.3. The summed E-state index contributed by atoms with van der Waals surface area (Å²) in [6.45, 7) is 0.875. The van der Waals surface area contributed by atoms with E-state index in [1.54, 1.807) is 0 Å². The Balaban J connectivity index is 2.01. The van der Waals surface area contributed by atoms with Gasteiger partial charge in [0.05, 0.1) is 0 Å². The van der Waals surface area contributed by atoms with Crippen molar-refractivity contribution < 1.29 is 13.9 Å². The fraction of sp³-hybridized carbons (Fsp3) is 0.188. The molecule has 0 spiro atoms. The van der Waals surface area contributed by atoms with Gasteiger partial charge in [-0.25, -0.2) is 4.39 Å². The molecule has 0 saturated carbocycles. The second kappa shape index (κ2) is 6.85. The zero-order valence-electron chi connectivity index (χ0n) is 11.7. The van der Waals surface area contributed by atoms with E-state index < -0.39 is 11.7 Å². The first-order chi connectivity index (χ1) is 10.1. The predicted octanol–water partition coefficient (Wildman–Crippen LogP) is 2.22. The first-order valence-corrected chi connectivity index (χ1v) is 6.54. The Kier molecular flexibility index (Phi) is 4.90. The highest BCUT2D eigenvalue weighted by Gasteiger charge is 2.07. The molecule has 0 aromatic heterocycles. The molecule has 0 radical (unpaired) electrons. The first-order valence-electron chi connectivity index (χ1n) is 6.54. The molecule has 4 nitrogen and oxygen atoms in total. The molecule has 1 amide bonds. The van der Waals surface area contributed by atoms with Gasteiger partial charge in [0, 0.05) is 17.7 Å². The summed E-state index contributed by atoms with van der Waals surface area (Å²) in [5.41, 5.74) is 6.76. The second-order valence-corrected chi connectivity index (χ2v) is 4.63. The molecule has 0 bridgehead atoms. The van der Waals surface area contributed by atoms with E-state index in [4.69, 9.17) is 10.5 Å². The van der Waals surface area contributed by atoms with Crippen molar-refractivity contribution in [3.63, 3.8) is 0 Å². The van der Waals surface area contributed by atoms with Crippen LogP contribution in [0, 0.1) is 5.82 Å². The first kappa shape index (κ1) is 15.0. The number of halogens is 1. The molecule has 0 unspecified atom stereocenters. The van der Waals surface area contributed by atoms with Crippen LogP contribution < -0.4 is 15.8 Å². The van der Waals surface area contributed by atoms with E-state index in [1.807, 2.05) is 31.3 Å². The van der Waals surface area contributed by atoms with E-state index in [0.29, 0.717) is 11.3 Å². The number of nitrogens with two attached hydrogens (primary N) is 1. The van der Waals surface area contributed by atoms with Gasteiger partial charge in [-0.15, -0.1) is 0 Å². The van der Waals surface area contributed by atoms with Gasteiger partial charge in [0.25, 0.3) is 0 Å². The average Bonchev–Trinajstić information content (AvgIpc) is 2.47. The minimum atomic E-state index is -0.651. The van der Waals surface area contributed by atoms with Crippen molar-refractivity contribution in [1.82, 2.24) is 5.32 Å². The van der Waals surface area contributed by atoms with Gasteiger partial charge in [0.15, 0.2) is 0 Å². The molecular weight excluding hydrogens is 271 g/mol. The van der Waals surface area contributed by atoms with Crippen LogP contribution in [-0.2, 0) is 13.2 Å². The number of rotatable bonds is 6. The number of hydrogen-bond acceptors (Lipinski definition) is 3. The van der Waals surface area contributed by atoms with Crippen molar-refractivity contribution in [2.24, 2.45) is 5.73 Å². The Bertz CT molecular complexity index is 627. The molecule has 0 atom stereocenters. The van der Waals surface area contributed by atoms with Gasteiger partial charge in [0.2, 0.25) is 5.91 Å². The second-order valence-electron chi connectivity index (χ2n) is 4.63. The standard InChI is InChI=1S/C16H17FN2O2/c1-19-9-11-2-6-14(7-3-11)21-10-13-5-4-12(16(18)20)8-15(13)17/h2-8,19H,9-10H2,1H3,(H2,18,20). The van der Waals surface area contributed by atoms with Gasteiger partial charge in [-0.3, -0.25) is 4.79 Å². The zero-order valence-corrected chi connectivity index (χ0v) is 11.7. The SMILES string of the molecule is CNCc1ccc(OCc2ccc(C(N)=O)cc2F)cc1. The van der Waals surface area contributed by atoms with E-state index in [0.717, 1.165) is 18.2 Å². The number of carbonyl (C=O) groups excluding carboxylic acids is 1. The van der Waals surface area contributed by atoms with E-state index in [1.165, 1.54) is 12.1 Å². The largest absolute Gasteiger partial charge is 0.489 e. The summed E-state index contributed by atoms with van der Waals surface area (Å²) in [6, 6.07) is 11.7. The van der Waals surface area contributed by atoms with Crippen LogP contribution in [0.25, 0.3) is 0 Å². The third-order valence-electron chi connectivity index (χ3n) is 3.04. The monoisotopic (exact) mass is 288 g/mol. The van der Waals surface area contributed by atoms with Crippen molar-refractivity contribution in [1.29, 1.82) is 0 Å². The van der Waals surface area contributed by atoms with Crippen LogP contribution in [0.2, 0.25) is 0 Å². The van der Waals surface area contributed by atoms with E-state index in [2.05, 4.69) is 5.32 Å². The molecule has 2 rings (SSSR count). The molecular formula is C16H17FN2O2. The molecule has 3 N–H and O–H groups in total. The highest BCUT2D eigenvalue weighted by molar-refractivity contribution is 5.92. The van der Waals surface area contributed by atoms with Crippen molar-refractivity contribution in [3.05, 3.63) is 65.0 Å². The number of ether oxygens (including phenoxy) is 1. The lowest BCUT2D eigenvalue weighted by Gasteiger charge is -2.08. The van der Waals surface area contributed by atoms with Crippen molar-refractivity contribution in [3.8, 4) is 5.75 Å². The number of carbonyl (C=O) groups is 1. The third kappa shape index (κ3) is 4.03. The lowest BCUT2D eigenvalue weighted by molar-refractivity contribution is 0.0999. The Hall–Kier alpha value is -2.40. The van der Waals surface area contributed by atoms with Crippen LogP contribution in [0.5, 0.6) is 5.75 Å². The Labute approximate surface area is 122 Å². The minimum absolute atomic E-state index is 0.0935. The summed E-state index contributed by atoms with van der Waals surface area (Å²) in [5, 5.41) is 3.05. The Morgan fingerprint density at radius 3 is 2.52 bits per heavy atom. The fourth-order valence-electron chi connectivity index (χ4n) is 1.89. The average molecular weight is 288 g/mol. The molecule has 0 fully saturated rings. The smallest absolute Gasteiger partial charge is 0.248 e. The normalized spacial score (nSPS) is 10.4. The van der Waals surface area contributed by atoms with Gasteiger partial charge in [0.1, 0.15) is 18.2 Å². The van der Waals surface area contributed by atoms with Crippen LogP contribution in [0.1, 0.15) is 21.5 Å². The van der Waals surface area contributed by atoms with E-state index in [9.17, 15) is 9.18 Å². The molecule has 110 valence electrons. The number of primary amides is 1. The summed E-state index contributed by atoms with van der Waals surface area (Å²) in [5.74, 6) is -0.493. The molecule has 21 heavy (non-hydrogen) atoms. The highest BCUT2D eigenvalue weighted by Crippen LogP contribution is 2.16. The zero-order chi connectivity index (χ0) is 15.2. The molecule has 0 aliphatic carbocycles. The summed E-state index contributed by atoms with van der Waals surface area (Å²) in [7, 11) is 1.88. The molecule has 5 heteroatoms. The Morgan fingerprint density at radius 1 is 1.24 bits per heavy atom. The van der Waals surface area contributed by atoms with Crippen molar-refractivity contribution in [2.45, 2.75) is 13.2 Å². The molecule has 0 aliphatic rings. The number of amides is 1. The molecule has 0 heterocycles. The van der Waals surface area contributed by atoms with Gasteiger partial charge in [-0.05, 0) is 36.9 Å². The van der Waals surface area contributed by atoms with Crippen LogP contribution >= 0.6 is 0 Å². The molecule has 0 aliphatic heterocycles. The van der Waals surface area contributed by atoms with Crippen molar-refractivity contribution in [2.75, 3.05) is 7.05 Å². The summed E-state index contributed by atoms with van der Waals surface area (Å²) in [6.07, 6.45) is 0. The van der Waals surface area contributed by atoms with Crippen LogP contribution in [0.4, 0.5) is 4.39 Å². The number of hydrogen-bond donors (Lipinski definition) is 2. The third-order valence-corrected chi connectivity index (χ3v) is 3.04.